The van der Waals surface area contributed by atoms with E-state index in [2.05, 4.69) is 217 Å². The minimum Gasteiger partial charge on any atom is -0.458 e. The zero-order chi connectivity index (χ0) is 40.8. The van der Waals surface area contributed by atoms with Crippen LogP contribution in [0.2, 0.25) is 0 Å². The number of hydrogen-bond donors (Lipinski definition) is 0. The molecule has 288 valence electrons. The molecule has 0 fully saturated rings. The number of ether oxygens (including phenoxy) is 2. The van der Waals surface area contributed by atoms with Gasteiger partial charge in [0.1, 0.15) is 23.0 Å². The lowest BCUT2D eigenvalue weighted by molar-refractivity contribution is 0.464. The molecule has 9 aromatic rings. The average Bonchev–Trinajstić information content (AvgIpc) is 3.27. The Labute approximate surface area is 353 Å². The Morgan fingerprint density at radius 2 is 0.850 bits per heavy atom. The van der Waals surface area contributed by atoms with Crippen molar-refractivity contribution in [2.75, 3.05) is 0 Å². The van der Waals surface area contributed by atoms with Crippen LogP contribution in [-0.2, 0) is 10.8 Å². The maximum atomic E-state index is 6.94. The van der Waals surface area contributed by atoms with E-state index in [0.29, 0.717) is 0 Å². The van der Waals surface area contributed by atoms with E-state index >= 15 is 0 Å². The van der Waals surface area contributed by atoms with Crippen LogP contribution in [0.25, 0.3) is 54.9 Å². The molecule has 9 aromatic carbocycles. The summed E-state index contributed by atoms with van der Waals surface area (Å²) in [5.41, 5.74) is 14.0. The van der Waals surface area contributed by atoms with Crippen molar-refractivity contribution in [2.24, 2.45) is 0 Å². The number of benzene rings is 9. The van der Waals surface area contributed by atoms with Crippen LogP contribution < -0.4 is 25.9 Å². The molecule has 0 saturated carbocycles. The van der Waals surface area contributed by atoms with Crippen LogP contribution in [0.15, 0.2) is 182 Å². The molecule has 2 aliphatic rings. The molecule has 0 N–H and O–H groups in total. The highest BCUT2D eigenvalue weighted by Gasteiger charge is 2.41. The molecule has 0 bridgehead atoms. The SMILES string of the molecule is CC(C)(C)c1ccc2c(c1)B1c3ccccc3Oc3cc(-c4cc(-c5c6ccccc6c(-c6ccccc6)c6ccccc56)cc(C(C)(C)c5ccccc5)c4)cc(c31)O2. The van der Waals surface area contributed by atoms with Gasteiger partial charge < -0.3 is 9.47 Å². The zero-order valence-electron chi connectivity index (χ0n) is 34.7. The maximum Gasteiger partial charge on any atom is 0.260 e. The first-order valence-electron chi connectivity index (χ1n) is 21.1. The summed E-state index contributed by atoms with van der Waals surface area (Å²) in [5.74, 6) is 3.48. The lowest BCUT2D eigenvalue weighted by Gasteiger charge is -2.34. The van der Waals surface area contributed by atoms with Crippen LogP contribution in [0.1, 0.15) is 51.3 Å². The van der Waals surface area contributed by atoms with Crippen molar-refractivity contribution in [3.05, 3.63) is 199 Å². The summed E-state index contributed by atoms with van der Waals surface area (Å²) in [7, 11) is 0. The highest BCUT2D eigenvalue weighted by molar-refractivity contribution is 6.98. The van der Waals surface area contributed by atoms with Gasteiger partial charge in [0, 0.05) is 10.9 Å². The van der Waals surface area contributed by atoms with Crippen LogP contribution >= 0.6 is 0 Å². The summed E-state index contributed by atoms with van der Waals surface area (Å²) in [6.45, 7) is 11.5. The molecule has 0 unspecified atom stereocenters. The second-order valence-electron chi connectivity index (χ2n) is 18.1. The third-order valence-corrected chi connectivity index (χ3v) is 13.0. The molecule has 2 nitrogen and oxygen atoms in total. The van der Waals surface area contributed by atoms with Crippen molar-refractivity contribution >= 4 is 44.6 Å². The summed E-state index contributed by atoms with van der Waals surface area (Å²) in [6, 6.07) is 66.5. The molecule has 2 aliphatic heterocycles. The normalized spacial score (nSPS) is 13.0. The number of rotatable bonds is 5. The number of para-hydroxylation sites is 1. The molecule has 11 rings (SSSR count). The molecule has 60 heavy (non-hydrogen) atoms. The van der Waals surface area contributed by atoms with E-state index in [4.69, 9.17) is 9.47 Å². The fourth-order valence-electron chi connectivity index (χ4n) is 9.76. The standard InChI is InChI=1S/C57H45BO2/c1-56(2,3)41-28-29-50-48(35-41)58-47-26-16-17-27-49(47)59-51-33-38(34-52(60-50)55(51)58)37-30-39(32-42(31-37)57(4,5)40-20-10-7-11-21-40)54-45-24-14-12-22-43(45)53(36-18-8-6-9-19-36)44-23-13-15-25-46(44)54/h6-35H,1-5H3. The lowest BCUT2D eigenvalue weighted by Crippen LogP contribution is -2.57. The predicted octanol–water partition coefficient (Wildman–Crippen LogP) is 13.3. The lowest BCUT2D eigenvalue weighted by atomic mass is 9.34. The minimum absolute atomic E-state index is 0.000169. The first kappa shape index (κ1) is 36.3. The van der Waals surface area contributed by atoms with Gasteiger partial charge in [0.05, 0.1) is 0 Å². The molecule has 0 radical (unpaired) electrons. The van der Waals surface area contributed by atoms with Crippen molar-refractivity contribution in [3.63, 3.8) is 0 Å². The number of fused-ring (bicyclic) bond motifs is 6. The Bertz CT molecular complexity index is 3080. The fraction of sp³-hybridized carbons (Fsp3) is 0.123. The van der Waals surface area contributed by atoms with E-state index in [9.17, 15) is 0 Å². The van der Waals surface area contributed by atoms with Gasteiger partial charge in [0.2, 0.25) is 0 Å². The summed E-state index contributed by atoms with van der Waals surface area (Å²) in [5, 5.41) is 4.94. The van der Waals surface area contributed by atoms with Gasteiger partial charge in [-0.1, -0.05) is 186 Å². The smallest absolute Gasteiger partial charge is 0.260 e. The molecule has 0 aromatic heterocycles. The van der Waals surface area contributed by atoms with Crippen molar-refractivity contribution < 1.29 is 9.47 Å². The quantitative estimate of drug-likeness (QED) is 0.128. The Balaban J connectivity index is 1.17. The van der Waals surface area contributed by atoms with E-state index in [-0.39, 0.29) is 17.5 Å². The van der Waals surface area contributed by atoms with Gasteiger partial charge in [-0.15, -0.1) is 0 Å². The molecular formula is C57H45BO2. The van der Waals surface area contributed by atoms with Crippen molar-refractivity contribution in [3.8, 4) is 56.4 Å². The highest BCUT2D eigenvalue weighted by atomic mass is 16.5. The fourth-order valence-corrected chi connectivity index (χ4v) is 9.76. The topological polar surface area (TPSA) is 18.5 Å². The maximum absolute atomic E-state index is 6.94. The first-order chi connectivity index (χ1) is 29.1. The Hall–Kier alpha value is -6.84. The van der Waals surface area contributed by atoms with Crippen molar-refractivity contribution in [1.82, 2.24) is 0 Å². The van der Waals surface area contributed by atoms with Crippen LogP contribution in [0.4, 0.5) is 0 Å². The molecule has 3 heteroatoms. The van der Waals surface area contributed by atoms with Gasteiger partial charge in [-0.2, -0.15) is 0 Å². The van der Waals surface area contributed by atoms with E-state index in [1.807, 2.05) is 0 Å². The van der Waals surface area contributed by atoms with Crippen LogP contribution in [-0.4, -0.2) is 6.71 Å². The molecule has 0 spiro atoms. The minimum atomic E-state index is -0.301. The zero-order valence-corrected chi connectivity index (χ0v) is 34.7. The molecular weight excluding hydrogens is 727 g/mol. The van der Waals surface area contributed by atoms with E-state index in [0.717, 1.165) is 39.6 Å². The molecule has 0 aliphatic carbocycles. The summed E-state index contributed by atoms with van der Waals surface area (Å²) in [4.78, 5) is 0. The second-order valence-corrected chi connectivity index (χ2v) is 18.1. The Morgan fingerprint density at radius 3 is 1.47 bits per heavy atom. The van der Waals surface area contributed by atoms with Gasteiger partial charge in [0.15, 0.2) is 0 Å². The van der Waals surface area contributed by atoms with Gasteiger partial charge in [-0.05, 0) is 118 Å². The number of hydrogen-bond acceptors (Lipinski definition) is 2. The largest absolute Gasteiger partial charge is 0.458 e. The highest BCUT2D eigenvalue weighted by Crippen LogP contribution is 2.47. The van der Waals surface area contributed by atoms with Gasteiger partial charge in [-0.25, -0.2) is 0 Å². The summed E-state index contributed by atoms with van der Waals surface area (Å²) in [6.07, 6.45) is 0. The summed E-state index contributed by atoms with van der Waals surface area (Å²) >= 11 is 0. The molecule has 0 amide bonds. The van der Waals surface area contributed by atoms with Gasteiger partial charge in [0.25, 0.3) is 6.71 Å². The van der Waals surface area contributed by atoms with Crippen LogP contribution in [0.5, 0.6) is 23.0 Å². The third-order valence-electron chi connectivity index (χ3n) is 13.0. The average molecular weight is 773 g/mol. The van der Waals surface area contributed by atoms with Crippen molar-refractivity contribution in [2.45, 2.75) is 45.4 Å². The Kier molecular flexibility index (Phi) is 8.23. The van der Waals surface area contributed by atoms with Gasteiger partial charge >= 0.3 is 0 Å². The molecule has 2 heterocycles. The van der Waals surface area contributed by atoms with Gasteiger partial charge in [-0.3, -0.25) is 0 Å². The van der Waals surface area contributed by atoms with E-state index < -0.39 is 0 Å². The second kappa shape index (κ2) is 13.6. The summed E-state index contributed by atoms with van der Waals surface area (Å²) < 4.78 is 13.8. The third kappa shape index (κ3) is 5.79. The van der Waals surface area contributed by atoms with Crippen molar-refractivity contribution in [1.29, 1.82) is 0 Å². The first-order valence-corrected chi connectivity index (χ1v) is 21.1. The predicted molar refractivity (Wildman–Crippen MR) is 253 cm³/mol. The van der Waals surface area contributed by atoms with Crippen LogP contribution in [0.3, 0.4) is 0 Å². The van der Waals surface area contributed by atoms with Crippen LogP contribution in [0, 0.1) is 0 Å². The molecule has 0 saturated heterocycles. The van der Waals surface area contributed by atoms with E-state index in [1.165, 1.54) is 71.4 Å². The van der Waals surface area contributed by atoms with E-state index in [1.54, 1.807) is 0 Å². The Morgan fingerprint density at radius 1 is 0.350 bits per heavy atom. The monoisotopic (exact) mass is 772 g/mol. The molecule has 0 atom stereocenters.